The molecule has 17 heavy (non-hydrogen) atoms. The second-order valence-electron chi connectivity index (χ2n) is 5.70. The first-order valence-corrected chi connectivity index (χ1v) is 7.49. The van der Waals surface area contributed by atoms with Gasteiger partial charge in [-0.2, -0.15) is 0 Å². The molecule has 0 aromatic carbocycles. The molecule has 0 aliphatic carbocycles. The zero-order valence-corrected chi connectivity index (χ0v) is 12.9. The third kappa shape index (κ3) is 4.44. The molecule has 0 aliphatic rings. The van der Waals surface area contributed by atoms with Crippen LogP contribution >= 0.6 is 11.3 Å². The van der Waals surface area contributed by atoms with Crippen LogP contribution in [0.15, 0.2) is 6.07 Å². The molecule has 0 bridgehead atoms. The smallest absolute Gasteiger partial charge is 0.0415 e. The lowest BCUT2D eigenvalue weighted by Gasteiger charge is -2.20. The van der Waals surface area contributed by atoms with E-state index in [1.165, 1.54) is 28.2 Å². The van der Waals surface area contributed by atoms with Gasteiger partial charge < -0.3 is 5.32 Å². The van der Waals surface area contributed by atoms with Crippen molar-refractivity contribution in [2.24, 2.45) is 11.8 Å². The minimum Gasteiger partial charge on any atom is -0.312 e. The van der Waals surface area contributed by atoms with E-state index in [0.717, 1.165) is 11.8 Å². The van der Waals surface area contributed by atoms with Crippen molar-refractivity contribution in [1.29, 1.82) is 0 Å². The Balaban J connectivity index is 2.65. The number of nitrogens with one attached hydrogen (secondary N) is 1. The molecular formula is C15H27NS. The Morgan fingerprint density at radius 3 is 2.24 bits per heavy atom. The van der Waals surface area contributed by atoms with Gasteiger partial charge in [-0.05, 0) is 57.2 Å². The first-order chi connectivity index (χ1) is 7.93. The van der Waals surface area contributed by atoms with Crippen molar-refractivity contribution in [2.45, 2.75) is 53.5 Å². The Kier molecular flexibility index (Phi) is 5.68. The van der Waals surface area contributed by atoms with Crippen molar-refractivity contribution < 1.29 is 0 Å². The van der Waals surface area contributed by atoms with Crippen molar-refractivity contribution in [3.05, 3.63) is 21.4 Å². The van der Waals surface area contributed by atoms with E-state index in [2.05, 4.69) is 53.0 Å². The number of thiophene rings is 1. The van der Waals surface area contributed by atoms with Gasteiger partial charge in [0.05, 0.1) is 0 Å². The van der Waals surface area contributed by atoms with Gasteiger partial charge in [-0.1, -0.05) is 20.8 Å². The van der Waals surface area contributed by atoms with Crippen LogP contribution in [0.25, 0.3) is 0 Å². The summed E-state index contributed by atoms with van der Waals surface area (Å²) in [5.74, 6) is 1.59. The van der Waals surface area contributed by atoms with Gasteiger partial charge in [0.25, 0.3) is 0 Å². The fourth-order valence-electron chi connectivity index (χ4n) is 2.45. The first-order valence-electron chi connectivity index (χ1n) is 6.68. The van der Waals surface area contributed by atoms with Gasteiger partial charge in [0, 0.05) is 15.8 Å². The minimum atomic E-state index is 0.529. The molecule has 98 valence electrons. The van der Waals surface area contributed by atoms with Crippen LogP contribution in [-0.2, 0) is 0 Å². The number of rotatable bonds is 6. The van der Waals surface area contributed by atoms with Crippen molar-refractivity contribution in [3.63, 3.8) is 0 Å². The monoisotopic (exact) mass is 253 g/mol. The molecule has 1 rings (SSSR count). The predicted molar refractivity (Wildman–Crippen MR) is 78.8 cm³/mol. The maximum atomic E-state index is 3.47. The molecule has 0 saturated heterocycles. The molecule has 0 aliphatic heterocycles. The standard InChI is InChI=1S/C15H27NS/c1-10(2)7-11(3)8-14(16-6)15-9-12(4)13(5)17-15/h9-11,14,16H,7-8H2,1-6H3. The first kappa shape index (κ1) is 14.7. The fraction of sp³-hybridized carbons (Fsp3) is 0.733. The van der Waals surface area contributed by atoms with Crippen LogP contribution in [0.5, 0.6) is 0 Å². The lowest BCUT2D eigenvalue weighted by Crippen LogP contribution is -2.18. The Bertz CT molecular complexity index is 321. The van der Waals surface area contributed by atoms with E-state index in [-0.39, 0.29) is 0 Å². The average Bonchev–Trinajstić information content (AvgIpc) is 2.54. The topological polar surface area (TPSA) is 12.0 Å². The van der Waals surface area contributed by atoms with Gasteiger partial charge in [-0.25, -0.2) is 0 Å². The van der Waals surface area contributed by atoms with E-state index < -0.39 is 0 Å². The highest BCUT2D eigenvalue weighted by Crippen LogP contribution is 2.31. The third-order valence-electron chi connectivity index (χ3n) is 3.39. The predicted octanol–water partition coefficient (Wildman–Crippen LogP) is 4.70. The average molecular weight is 253 g/mol. The van der Waals surface area contributed by atoms with E-state index in [0.29, 0.717) is 6.04 Å². The molecule has 2 unspecified atom stereocenters. The van der Waals surface area contributed by atoms with E-state index in [1.807, 2.05) is 11.3 Å². The highest BCUT2D eigenvalue weighted by Gasteiger charge is 2.16. The summed E-state index contributed by atoms with van der Waals surface area (Å²) < 4.78 is 0. The van der Waals surface area contributed by atoms with Crippen molar-refractivity contribution in [3.8, 4) is 0 Å². The molecule has 2 atom stereocenters. The van der Waals surface area contributed by atoms with E-state index in [4.69, 9.17) is 0 Å². The highest BCUT2D eigenvalue weighted by molar-refractivity contribution is 7.12. The van der Waals surface area contributed by atoms with Crippen molar-refractivity contribution >= 4 is 11.3 Å². The minimum absolute atomic E-state index is 0.529. The summed E-state index contributed by atoms with van der Waals surface area (Å²) in [6.07, 6.45) is 2.57. The maximum Gasteiger partial charge on any atom is 0.0415 e. The molecule has 0 fully saturated rings. The van der Waals surface area contributed by atoms with Crippen LogP contribution in [-0.4, -0.2) is 7.05 Å². The maximum absolute atomic E-state index is 3.47. The number of hydrogen-bond acceptors (Lipinski definition) is 2. The van der Waals surface area contributed by atoms with Crippen molar-refractivity contribution in [2.75, 3.05) is 7.05 Å². The fourth-order valence-corrected chi connectivity index (χ4v) is 3.62. The third-order valence-corrected chi connectivity index (χ3v) is 4.66. The summed E-state index contributed by atoms with van der Waals surface area (Å²) in [7, 11) is 2.08. The molecule has 1 heterocycles. The lowest BCUT2D eigenvalue weighted by atomic mass is 9.92. The molecule has 0 amide bonds. The summed E-state index contributed by atoms with van der Waals surface area (Å²) in [6.45, 7) is 11.4. The molecule has 1 aromatic rings. The Morgan fingerprint density at radius 2 is 1.82 bits per heavy atom. The molecule has 1 aromatic heterocycles. The zero-order chi connectivity index (χ0) is 13.0. The number of hydrogen-bond donors (Lipinski definition) is 1. The number of aryl methyl sites for hydroxylation is 2. The molecular weight excluding hydrogens is 226 g/mol. The molecule has 0 radical (unpaired) electrons. The van der Waals surface area contributed by atoms with Crippen molar-refractivity contribution in [1.82, 2.24) is 5.32 Å². The summed E-state index contributed by atoms with van der Waals surface area (Å²) >= 11 is 1.95. The Morgan fingerprint density at radius 1 is 1.18 bits per heavy atom. The molecule has 2 heteroatoms. The van der Waals surface area contributed by atoms with Crippen LogP contribution < -0.4 is 5.32 Å². The molecule has 1 N–H and O–H groups in total. The van der Waals surface area contributed by atoms with Gasteiger partial charge in [0.1, 0.15) is 0 Å². The Hall–Kier alpha value is -0.340. The van der Waals surface area contributed by atoms with Gasteiger partial charge >= 0.3 is 0 Å². The van der Waals surface area contributed by atoms with Crippen LogP contribution in [0.2, 0.25) is 0 Å². The summed E-state index contributed by atoms with van der Waals surface area (Å²) in [6, 6.07) is 2.88. The summed E-state index contributed by atoms with van der Waals surface area (Å²) in [5.41, 5.74) is 1.43. The van der Waals surface area contributed by atoms with E-state index in [1.54, 1.807) is 0 Å². The van der Waals surface area contributed by atoms with Gasteiger partial charge in [-0.15, -0.1) is 11.3 Å². The summed E-state index contributed by atoms with van der Waals surface area (Å²) in [5, 5.41) is 3.47. The van der Waals surface area contributed by atoms with Crippen LogP contribution in [0.3, 0.4) is 0 Å². The van der Waals surface area contributed by atoms with Gasteiger partial charge in [-0.3, -0.25) is 0 Å². The quantitative estimate of drug-likeness (QED) is 0.775. The van der Waals surface area contributed by atoms with Gasteiger partial charge in [0.15, 0.2) is 0 Å². The second-order valence-corrected chi connectivity index (χ2v) is 6.99. The van der Waals surface area contributed by atoms with Crippen LogP contribution in [0.4, 0.5) is 0 Å². The molecule has 1 nitrogen and oxygen atoms in total. The van der Waals surface area contributed by atoms with E-state index in [9.17, 15) is 0 Å². The normalized spacial score (nSPS) is 15.2. The highest BCUT2D eigenvalue weighted by atomic mass is 32.1. The summed E-state index contributed by atoms with van der Waals surface area (Å²) in [4.78, 5) is 2.95. The molecule has 0 saturated carbocycles. The van der Waals surface area contributed by atoms with E-state index >= 15 is 0 Å². The lowest BCUT2D eigenvalue weighted by molar-refractivity contribution is 0.369. The van der Waals surface area contributed by atoms with Crippen LogP contribution in [0.1, 0.15) is 55.0 Å². The molecule has 0 spiro atoms. The van der Waals surface area contributed by atoms with Crippen LogP contribution in [0, 0.1) is 25.7 Å². The largest absolute Gasteiger partial charge is 0.312 e. The van der Waals surface area contributed by atoms with Gasteiger partial charge in [0.2, 0.25) is 0 Å². The second kappa shape index (κ2) is 6.55. The SMILES string of the molecule is CNC(CC(C)CC(C)C)c1cc(C)c(C)s1. The zero-order valence-electron chi connectivity index (χ0n) is 12.1. The Labute approximate surface area is 111 Å².